The van der Waals surface area contributed by atoms with Crippen LogP contribution in [-0.4, -0.2) is 32.5 Å². The van der Waals surface area contributed by atoms with E-state index in [2.05, 4.69) is 20.4 Å². The predicted octanol–water partition coefficient (Wildman–Crippen LogP) is 2.78. The molecule has 7 heteroatoms. The summed E-state index contributed by atoms with van der Waals surface area (Å²) in [5.74, 6) is 1.50. The minimum absolute atomic E-state index is 0.629. The van der Waals surface area contributed by atoms with E-state index in [4.69, 9.17) is 11.6 Å². The molecule has 2 aromatic rings. The number of anilines is 1. The van der Waals surface area contributed by atoms with Crippen LogP contribution < -0.4 is 5.32 Å². The van der Waals surface area contributed by atoms with Crippen LogP contribution in [0.3, 0.4) is 0 Å². The number of hydrogen-bond acceptors (Lipinski definition) is 5. The van der Waals surface area contributed by atoms with Crippen molar-refractivity contribution in [3.63, 3.8) is 0 Å². The molecule has 2 aromatic heterocycles. The fourth-order valence-corrected chi connectivity index (χ4v) is 1.95. The molecule has 0 bridgehead atoms. The standard InChI is InChI=1S/C11H14ClN5S/c1-4-13-9-5-10(15-11(14-9)18-3)17-6-8(12)7(2)16-17/h5-6H,4H2,1-3H3,(H,13,14,15). The maximum Gasteiger partial charge on any atom is 0.191 e. The summed E-state index contributed by atoms with van der Waals surface area (Å²) in [6.07, 6.45) is 3.69. The van der Waals surface area contributed by atoms with E-state index in [0.717, 1.165) is 18.1 Å². The smallest absolute Gasteiger partial charge is 0.191 e. The van der Waals surface area contributed by atoms with Gasteiger partial charge in [-0.15, -0.1) is 0 Å². The van der Waals surface area contributed by atoms with Gasteiger partial charge in [0.1, 0.15) is 5.82 Å². The maximum atomic E-state index is 6.01. The fourth-order valence-electron chi connectivity index (χ4n) is 1.45. The Hall–Kier alpha value is -1.27. The van der Waals surface area contributed by atoms with Gasteiger partial charge < -0.3 is 5.32 Å². The number of aryl methyl sites for hydroxylation is 1. The first kappa shape index (κ1) is 13.2. The average Bonchev–Trinajstić information content (AvgIpc) is 2.70. The molecule has 0 saturated carbocycles. The molecule has 0 aliphatic rings. The summed E-state index contributed by atoms with van der Waals surface area (Å²) in [4.78, 5) is 8.78. The lowest BCUT2D eigenvalue weighted by atomic mass is 10.5. The van der Waals surface area contributed by atoms with Crippen LogP contribution in [0.5, 0.6) is 0 Å². The molecule has 0 saturated heterocycles. The van der Waals surface area contributed by atoms with Gasteiger partial charge in [-0.2, -0.15) is 5.10 Å². The van der Waals surface area contributed by atoms with E-state index in [9.17, 15) is 0 Å². The SMILES string of the molecule is CCNc1cc(-n2cc(Cl)c(C)n2)nc(SC)n1. The molecule has 0 aliphatic carbocycles. The van der Waals surface area contributed by atoms with Crippen LogP contribution in [0.4, 0.5) is 5.82 Å². The van der Waals surface area contributed by atoms with Crippen molar-refractivity contribution in [1.29, 1.82) is 0 Å². The van der Waals surface area contributed by atoms with E-state index in [1.165, 1.54) is 11.8 Å². The molecular weight excluding hydrogens is 270 g/mol. The average molecular weight is 284 g/mol. The highest BCUT2D eigenvalue weighted by atomic mass is 35.5. The molecule has 2 rings (SSSR count). The lowest BCUT2D eigenvalue weighted by Gasteiger charge is -2.07. The summed E-state index contributed by atoms with van der Waals surface area (Å²) in [5, 5.41) is 8.82. The highest BCUT2D eigenvalue weighted by Gasteiger charge is 2.08. The van der Waals surface area contributed by atoms with Gasteiger partial charge in [-0.05, 0) is 20.1 Å². The maximum absolute atomic E-state index is 6.01. The van der Waals surface area contributed by atoms with Gasteiger partial charge in [0.2, 0.25) is 0 Å². The highest BCUT2D eigenvalue weighted by Crippen LogP contribution is 2.19. The molecule has 0 spiro atoms. The zero-order valence-electron chi connectivity index (χ0n) is 10.4. The summed E-state index contributed by atoms with van der Waals surface area (Å²) in [6.45, 7) is 4.69. The van der Waals surface area contributed by atoms with Crippen molar-refractivity contribution in [3.05, 3.63) is 23.0 Å². The van der Waals surface area contributed by atoms with E-state index in [1.54, 1.807) is 10.9 Å². The number of nitrogens with zero attached hydrogens (tertiary/aromatic N) is 4. The molecule has 0 unspecified atom stereocenters. The number of rotatable bonds is 4. The largest absolute Gasteiger partial charge is 0.370 e. The summed E-state index contributed by atoms with van der Waals surface area (Å²) < 4.78 is 1.67. The molecular formula is C11H14ClN5S. The fraction of sp³-hybridized carbons (Fsp3) is 0.364. The van der Waals surface area contributed by atoms with E-state index >= 15 is 0 Å². The van der Waals surface area contributed by atoms with E-state index in [1.807, 2.05) is 26.2 Å². The second-order valence-corrected chi connectivity index (χ2v) is 4.82. The van der Waals surface area contributed by atoms with Crippen LogP contribution in [0.1, 0.15) is 12.6 Å². The van der Waals surface area contributed by atoms with Crippen molar-refractivity contribution in [2.45, 2.75) is 19.0 Å². The van der Waals surface area contributed by atoms with Crippen molar-refractivity contribution in [2.24, 2.45) is 0 Å². The molecule has 0 atom stereocenters. The van der Waals surface area contributed by atoms with Crippen LogP contribution >= 0.6 is 23.4 Å². The minimum atomic E-state index is 0.629. The monoisotopic (exact) mass is 283 g/mol. The third-order valence-electron chi connectivity index (χ3n) is 2.31. The molecule has 96 valence electrons. The Bertz CT molecular complexity index is 535. The Morgan fingerprint density at radius 2 is 2.22 bits per heavy atom. The number of nitrogens with one attached hydrogen (secondary N) is 1. The molecule has 0 aromatic carbocycles. The lowest BCUT2D eigenvalue weighted by Crippen LogP contribution is -2.06. The topological polar surface area (TPSA) is 55.6 Å². The number of aromatic nitrogens is 4. The second-order valence-electron chi connectivity index (χ2n) is 3.64. The zero-order valence-corrected chi connectivity index (χ0v) is 12.0. The quantitative estimate of drug-likeness (QED) is 0.691. The molecule has 0 aliphatic heterocycles. The second kappa shape index (κ2) is 5.58. The summed E-state index contributed by atoms with van der Waals surface area (Å²) in [7, 11) is 0. The van der Waals surface area contributed by atoms with Crippen molar-refractivity contribution < 1.29 is 0 Å². The van der Waals surface area contributed by atoms with Crippen LogP contribution in [0.2, 0.25) is 5.02 Å². The molecule has 5 nitrogen and oxygen atoms in total. The van der Waals surface area contributed by atoms with E-state index in [-0.39, 0.29) is 0 Å². The van der Waals surface area contributed by atoms with Crippen molar-refractivity contribution in [2.75, 3.05) is 18.1 Å². The first-order valence-corrected chi connectivity index (χ1v) is 7.13. The van der Waals surface area contributed by atoms with Crippen LogP contribution in [0.15, 0.2) is 17.4 Å². The third kappa shape index (κ3) is 2.76. The molecule has 1 N–H and O–H groups in total. The van der Waals surface area contributed by atoms with Crippen LogP contribution in [0.25, 0.3) is 5.82 Å². The van der Waals surface area contributed by atoms with Gasteiger partial charge >= 0.3 is 0 Å². The van der Waals surface area contributed by atoms with Gasteiger partial charge in [0.05, 0.1) is 16.9 Å². The third-order valence-corrected chi connectivity index (χ3v) is 3.23. The number of halogens is 1. The molecule has 0 fully saturated rings. The van der Waals surface area contributed by atoms with E-state index < -0.39 is 0 Å². The Morgan fingerprint density at radius 3 is 2.78 bits per heavy atom. The van der Waals surface area contributed by atoms with Gasteiger partial charge in [0.25, 0.3) is 0 Å². The Balaban J connectivity index is 2.45. The van der Waals surface area contributed by atoms with Crippen LogP contribution in [0, 0.1) is 6.92 Å². The predicted molar refractivity (Wildman–Crippen MR) is 74.8 cm³/mol. The van der Waals surface area contributed by atoms with Gasteiger partial charge in [-0.1, -0.05) is 23.4 Å². The van der Waals surface area contributed by atoms with Gasteiger partial charge in [0.15, 0.2) is 11.0 Å². The first-order chi connectivity index (χ1) is 8.63. The van der Waals surface area contributed by atoms with Crippen molar-refractivity contribution in [3.8, 4) is 5.82 Å². The summed E-state index contributed by atoms with van der Waals surface area (Å²) >= 11 is 7.50. The van der Waals surface area contributed by atoms with Gasteiger partial charge in [-0.3, -0.25) is 0 Å². The first-order valence-electron chi connectivity index (χ1n) is 5.53. The Labute approximate surface area is 115 Å². The zero-order chi connectivity index (χ0) is 13.1. The van der Waals surface area contributed by atoms with Gasteiger partial charge in [-0.25, -0.2) is 14.6 Å². The summed E-state index contributed by atoms with van der Waals surface area (Å²) in [5.41, 5.74) is 0.783. The summed E-state index contributed by atoms with van der Waals surface area (Å²) in [6, 6.07) is 1.85. The molecule has 18 heavy (non-hydrogen) atoms. The van der Waals surface area contributed by atoms with Gasteiger partial charge in [0, 0.05) is 12.6 Å². The lowest BCUT2D eigenvalue weighted by molar-refractivity contribution is 0.798. The van der Waals surface area contributed by atoms with Crippen molar-refractivity contribution in [1.82, 2.24) is 19.7 Å². The number of hydrogen-bond donors (Lipinski definition) is 1. The Kier molecular flexibility index (Phi) is 4.08. The van der Waals surface area contributed by atoms with E-state index in [0.29, 0.717) is 16.0 Å². The molecule has 0 radical (unpaired) electrons. The van der Waals surface area contributed by atoms with Crippen LogP contribution in [-0.2, 0) is 0 Å². The Morgan fingerprint density at radius 1 is 1.44 bits per heavy atom. The molecule has 2 heterocycles. The minimum Gasteiger partial charge on any atom is -0.370 e. The normalized spacial score (nSPS) is 10.7. The van der Waals surface area contributed by atoms with Crippen molar-refractivity contribution >= 4 is 29.2 Å². The highest BCUT2D eigenvalue weighted by molar-refractivity contribution is 7.98. The molecule has 0 amide bonds. The number of thioether (sulfide) groups is 1.